The van der Waals surface area contributed by atoms with Crippen molar-refractivity contribution in [1.82, 2.24) is 0 Å². The van der Waals surface area contributed by atoms with E-state index >= 15 is 0 Å². The third-order valence-electron chi connectivity index (χ3n) is 8.72. The van der Waals surface area contributed by atoms with E-state index in [1.807, 2.05) is 6.07 Å². The molecular formula is C24H31O8-. The fourth-order valence-electron chi connectivity index (χ4n) is 7.06. The van der Waals surface area contributed by atoms with Gasteiger partial charge in [-0.05, 0) is 85.0 Å². The molecule has 1 aromatic carbocycles. The van der Waals surface area contributed by atoms with Crippen molar-refractivity contribution in [3.8, 4) is 5.75 Å². The van der Waals surface area contributed by atoms with Gasteiger partial charge >= 0.3 is 0 Å². The van der Waals surface area contributed by atoms with E-state index in [1.165, 1.54) is 11.1 Å². The van der Waals surface area contributed by atoms with Gasteiger partial charge in [-0.2, -0.15) is 0 Å². The van der Waals surface area contributed by atoms with Gasteiger partial charge in [-0.25, -0.2) is 0 Å². The first-order chi connectivity index (χ1) is 15.2. The van der Waals surface area contributed by atoms with E-state index in [0.717, 1.165) is 38.5 Å². The lowest BCUT2D eigenvalue weighted by molar-refractivity contribution is -0.355. The second-order valence-electron chi connectivity index (χ2n) is 10.3. The van der Waals surface area contributed by atoms with Gasteiger partial charge in [0.15, 0.2) is 6.29 Å². The lowest BCUT2D eigenvalue weighted by Gasteiger charge is -2.51. The van der Waals surface area contributed by atoms with Crippen molar-refractivity contribution in [2.24, 2.45) is 17.3 Å². The minimum atomic E-state index is -1.78. The Labute approximate surface area is 186 Å². The molecule has 0 spiro atoms. The van der Waals surface area contributed by atoms with Crippen LogP contribution in [0.5, 0.6) is 5.75 Å². The molecule has 3 fully saturated rings. The largest absolute Gasteiger partial charge is 0.547 e. The molecule has 0 amide bonds. The maximum Gasteiger partial charge on any atom is 0.187 e. The topological polar surface area (TPSA) is 140 Å². The highest BCUT2D eigenvalue weighted by atomic mass is 16.7. The number of rotatable bonds is 3. The average molecular weight is 448 g/mol. The van der Waals surface area contributed by atoms with Crippen molar-refractivity contribution < 1.29 is 39.8 Å². The van der Waals surface area contributed by atoms with Crippen LogP contribution in [0.15, 0.2) is 18.2 Å². The van der Waals surface area contributed by atoms with Crippen LogP contribution < -0.4 is 5.11 Å². The maximum absolute atomic E-state index is 11.3. The van der Waals surface area contributed by atoms with Crippen molar-refractivity contribution in [2.45, 2.75) is 88.2 Å². The Morgan fingerprint density at radius 3 is 2.66 bits per heavy atom. The van der Waals surface area contributed by atoms with Gasteiger partial charge in [-0.1, -0.05) is 13.0 Å². The number of benzene rings is 1. The number of hydrogen-bond donors (Lipinski definition) is 4. The molecule has 1 heterocycles. The number of aromatic hydroxyl groups is 1. The minimum absolute atomic E-state index is 0.156. The van der Waals surface area contributed by atoms with E-state index in [4.69, 9.17) is 9.47 Å². The number of carbonyl (C=O) groups excluding carboxylic acids is 1. The fraction of sp³-hybridized carbons (Fsp3) is 0.708. The summed E-state index contributed by atoms with van der Waals surface area (Å²) < 4.78 is 11.5. The summed E-state index contributed by atoms with van der Waals surface area (Å²) in [6.07, 6.45) is -2.75. The maximum atomic E-state index is 11.3. The Kier molecular flexibility index (Phi) is 5.49. The highest BCUT2D eigenvalue weighted by Gasteiger charge is 2.57. The minimum Gasteiger partial charge on any atom is -0.547 e. The normalized spacial score (nSPS) is 45.6. The van der Waals surface area contributed by atoms with Gasteiger partial charge in [-0.15, -0.1) is 0 Å². The van der Waals surface area contributed by atoms with Crippen molar-refractivity contribution in [3.63, 3.8) is 0 Å². The summed E-state index contributed by atoms with van der Waals surface area (Å²) in [6, 6.07) is 5.71. The van der Waals surface area contributed by atoms with Crippen LogP contribution in [0.25, 0.3) is 0 Å². The van der Waals surface area contributed by atoms with Gasteiger partial charge in [0, 0.05) is 0 Å². The summed E-state index contributed by atoms with van der Waals surface area (Å²) >= 11 is 0. The molecule has 0 aromatic heterocycles. The molecule has 8 heteroatoms. The molecule has 4 N–H and O–H groups in total. The first-order valence-electron chi connectivity index (χ1n) is 11.6. The first-order valence-corrected chi connectivity index (χ1v) is 11.6. The van der Waals surface area contributed by atoms with Crippen molar-refractivity contribution in [2.75, 3.05) is 0 Å². The Morgan fingerprint density at radius 1 is 1.12 bits per heavy atom. The molecule has 3 aliphatic carbocycles. The SMILES string of the molecule is CC12CCC3c4ccc(O)cc4CCC3C1CCC2OC1OC(C(=O)[O-])C(O)C(O)C1O. The van der Waals surface area contributed by atoms with E-state index in [2.05, 4.69) is 13.0 Å². The van der Waals surface area contributed by atoms with Gasteiger partial charge in [0.1, 0.15) is 30.2 Å². The molecule has 10 unspecified atom stereocenters. The van der Waals surface area contributed by atoms with Gasteiger partial charge in [-0.3, -0.25) is 0 Å². The van der Waals surface area contributed by atoms with Crippen LogP contribution in [0.3, 0.4) is 0 Å². The summed E-state index contributed by atoms with van der Waals surface area (Å²) in [6.45, 7) is 2.20. The van der Waals surface area contributed by atoms with Crippen LogP contribution in [-0.2, 0) is 20.7 Å². The molecule has 1 saturated heterocycles. The molecule has 5 rings (SSSR count). The lowest BCUT2D eigenvalue weighted by Crippen LogP contribution is -2.63. The number of ether oxygens (including phenoxy) is 2. The molecule has 8 nitrogen and oxygen atoms in total. The number of aliphatic hydroxyl groups excluding tert-OH is 3. The van der Waals surface area contributed by atoms with Crippen LogP contribution in [0.2, 0.25) is 0 Å². The van der Waals surface area contributed by atoms with Crippen LogP contribution in [0.4, 0.5) is 0 Å². The zero-order valence-corrected chi connectivity index (χ0v) is 18.1. The highest BCUT2D eigenvalue weighted by molar-refractivity contribution is 5.71. The molecule has 1 aliphatic heterocycles. The fourth-order valence-corrected chi connectivity index (χ4v) is 7.06. The zero-order chi connectivity index (χ0) is 22.8. The Hall–Kier alpha value is -1.71. The van der Waals surface area contributed by atoms with Crippen LogP contribution in [0.1, 0.15) is 56.1 Å². The van der Waals surface area contributed by atoms with E-state index < -0.39 is 36.7 Å². The number of aliphatic carboxylic acids is 1. The summed E-state index contributed by atoms with van der Waals surface area (Å²) in [5.74, 6) is 0.0267. The number of fused-ring (bicyclic) bond motifs is 5. The number of aliphatic hydroxyl groups is 3. The molecule has 2 saturated carbocycles. The van der Waals surface area contributed by atoms with Gasteiger partial charge < -0.3 is 39.8 Å². The quantitative estimate of drug-likeness (QED) is 0.515. The predicted octanol–water partition coefficient (Wildman–Crippen LogP) is 0.191. The standard InChI is InChI=1S/C24H32O8/c1-24-9-8-14-13-5-3-12(25)10-11(13)2-4-15(14)16(24)6-7-17(24)31-23-20(28)18(26)19(27)21(32-23)22(29)30/h3,5,10,14-21,23,25-28H,2,4,6-9H2,1H3,(H,29,30)/p-1. The third-order valence-corrected chi connectivity index (χ3v) is 8.72. The molecule has 176 valence electrons. The lowest BCUT2D eigenvalue weighted by atomic mass is 9.55. The second-order valence-corrected chi connectivity index (χ2v) is 10.3. The number of carboxylic acids is 1. The smallest absolute Gasteiger partial charge is 0.187 e. The third kappa shape index (κ3) is 3.35. The van der Waals surface area contributed by atoms with Crippen LogP contribution in [0, 0.1) is 17.3 Å². The molecule has 32 heavy (non-hydrogen) atoms. The number of phenolic OH excluding ortho intramolecular Hbond substituents is 1. The summed E-state index contributed by atoms with van der Waals surface area (Å²) in [7, 11) is 0. The number of aryl methyl sites for hydroxylation is 1. The van der Waals surface area contributed by atoms with Gasteiger partial charge in [0.05, 0.1) is 12.1 Å². The van der Waals surface area contributed by atoms with Crippen molar-refractivity contribution >= 4 is 5.97 Å². The van der Waals surface area contributed by atoms with E-state index in [0.29, 0.717) is 23.5 Å². The zero-order valence-electron chi connectivity index (χ0n) is 18.1. The van der Waals surface area contributed by atoms with Gasteiger partial charge in [0.25, 0.3) is 0 Å². The number of carbonyl (C=O) groups is 1. The van der Waals surface area contributed by atoms with E-state index in [1.54, 1.807) is 6.07 Å². The highest BCUT2D eigenvalue weighted by Crippen LogP contribution is 2.61. The molecule has 0 radical (unpaired) electrons. The molecule has 10 atom stereocenters. The Morgan fingerprint density at radius 2 is 1.91 bits per heavy atom. The predicted molar refractivity (Wildman–Crippen MR) is 109 cm³/mol. The number of phenols is 1. The van der Waals surface area contributed by atoms with E-state index in [9.17, 15) is 30.3 Å². The van der Waals surface area contributed by atoms with Crippen LogP contribution in [-0.4, -0.2) is 63.2 Å². The number of carboxylic acid groups (broad SMARTS) is 1. The number of hydrogen-bond acceptors (Lipinski definition) is 8. The van der Waals surface area contributed by atoms with Crippen molar-refractivity contribution in [1.29, 1.82) is 0 Å². The average Bonchev–Trinajstić information content (AvgIpc) is 3.09. The van der Waals surface area contributed by atoms with Crippen molar-refractivity contribution in [3.05, 3.63) is 29.3 Å². The second kappa shape index (κ2) is 7.95. The van der Waals surface area contributed by atoms with E-state index in [-0.39, 0.29) is 11.5 Å². The Balaban J connectivity index is 1.34. The molecule has 1 aromatic rings. The van der Waals surface area contributed by atoms with Gasteiger partial charge in [0.2, 0.25) is 0 Å². The molecule has 0 bridgehead atoms. The molecule has 4 aliphatic rings. The monoisotopic (exact) mass is 447 g/mol. The first kappa shape index (κ1) is 22.1. The van der Waals surface area contributed by atoms with Crippen LogP contribution >= 0.6 is 0 Å². The summed E-state index contributed by atoms with van der Waals surface area (Å²) in [5.41, 5.74) is 2.42. The molecular weight excluding hydrogens is 416 g/mol. The summed E-state index contributed by atoms with van der Waals surface area (Å²) in [4.78, 5) is 11.3. The Bertz CT molecular complexity index is 889. The summed E-state index contributed by atoms with van der Waals surface area (Å²) in [5, 5.41) is 51.5.